The Bertz CT molecular complexity index is 942. The average molecular weight is 371 g/mol. The van der Waals surface area contributed by atoms with Crippen molar-refractivity contribution in [1.29, 1.82) is 0 Å². The molecule has 136 valence electrons. The molecule has 7 nitrogen and oxygen atoms in total. The maximum Gasteiger partial charge on any atom is 0.231 e. The third-order valence-electron chi connectivity index (χ3n) is 4.47. The molecule has 0 saturated carbocycles. The summed E-state index contributed by atoms with van der Waals surface area (Å²) >= 11 is 1.55. The van der Waals surface area contributed by atoms with Crippen LogP contribution < -0.4 is 10.2 Å². The van der Waals surface area contributed by atoms with E-state index in [9.17, 15) is 4.79 Å². The number of thiazole rings is 1. The van der Waals surface area contributed by atoms with E-state index in [0.717, 1.165) is 40.4 Å². The smallest absolute Gasteiger partial charge is 0.231 e. The van der Waals surface area contributed by atoms with Crippen molar-refractivity contribution in [2.45, 2.75) is 13.3 Å². The zero-order chi connectivity index (χ0) is 18.1. The second-order valence-corrected chi connectivity index (χ2v) is 7.39. The molecule has 26 heavy (non-hydrogen) atoms. The number of nitrogens with one attached hydrogen (secondary N) is 1. The molecule has 1 aliphatic heterocycles. The van der Waals surface area contributed by atoms with Gasteiger partial charge >= 0.3 is 0 Å². The highest BCUT2D eigenvalue weighted by molar-refractivity contribution is 7.09. The first kappa shape index (κ1) is 17.0. The number of morpholine rings is 1. The first-order valence-corrected chi connectivity index (χ1v) is 9.49. The molecular formula is C18H21N5O2S. The molecule has 1 fully saturated rings. The highest BCUT2D eigenvalue weighted by atomic mass is 32.1. The number of rotatable bonds is 4. The second kappa shape index (κ2) is 7.05. The Morgan fingerprint density at radius 3 is 2.88 bits per heavy atom. The first-order chi connectivity index (χ1) is 12.6. The summed E-state index contributed by atoms with van der Waals surface area (Å²) in [6.45, 7) is 5.02. The van der Waals surface area contributed by atoms with E-state index in [1.165, 1.54) is 0 Å². The van der Waals surface area contributed by atoms with Crippen LogP contribution in [0.1, 0.15) is 10.7 Å². The number of ether oxygens (including phenoxy) is 1. The second-order valence-electron chi connectivity index (χ2n) is 6.33. The Balaban J connectivity index is 1.64. The van der Waals surface area contributed by atoms with Crippen molar-refractivity contribution in [2.24, 2.45) is 7.05 Å². The quantitative estimate of drug-likeness (QED) is 0.762. The normalized spacial score (nSPS) is 14.8. The van der Waals surface area contributed by atoms with Crippen LogP contribution >= 0.6 is 11.3 Å². The maximum absolute atomic E-state index is 12.5. The zero-order valence-corrected chi connectivity index (χ0v) is 15.7. The molecule has 0 bridgehead atoms. The SMILES string of the molecule is Cc1nc(CC(=O)Nc2nn(C)c3cccc(N4CCOCC4)c23)cs1. The van der Waals surface area contributed by atoms with Gasteiger partial charge in [-0.2, -0.15) is 5.10 Å². The molecule has 0 atom stereocenters. The van der Waals surface area contributed by atoms with E-state index in [-0.39, 0.29) is 12.3 Å². The molecule has 3 aromatic rings. The minimum atomic E-state index is -0.105. The van der Waals surface area contributed by atoms with Crippen LogP contribution in [0, 0.1) is 6.92 Å². The van der Waals surface area contributed by atoms with Gasteiger partial charge in [-0.25, -0.2) is 4.98 Å². The van der Waals surface area contributed by atoms with Gasteiger partial charge in [-0.3, -0.25) is 9.48 Å². The van der Waals surface area contributed by atoms with Gasteiger partial charge in [0.25, 0.3) is 0 Å². The van der Waals surface area contributed by atoms with Crippen LogP contribution in [0.2, 0.25) is 0 Å². The van der Waals surface area contributed by atoms with E-state index in [0.29, 0.717) is 19.0 Å². The van der Waals surface area contributed by atoms with Gasteiger partial charge in [0.05, 0.1) is 46.9 Å². The third-order valence-corrected chi connectivity index (χ3v) is 5.30. The maximum atomic E-state index is 12.5. The van der Waals surface area contributed by atoms with Crippen LogP contribution in [-0.4, -0.2) is 47.0 Å². The molecule has 0 spiro atoms. The van der Waals surface area contributed by atoms with Crippen LogP contribution in [0.4, 0.5) is 11.5 Å². The van der Waals surface area contributed by atoms with E-state index in [1.807, 2.05) is 36.2 Å². The molecule has 0 aliphatic carbocycles. The van der Waals surface area contributed by atoms with Crippen molar-refractivity contribution in [1.82, 2.24) is 14.8 Å². The van der Waals surface area contributed by atoms with Crippen molar-refractivity contribution in [3.63, 3.8) is 0 Å². The lowest BCUT2D eigenvalue weighted by Crippen LogP contribution is -2.36. The Morgan fingerprint density at radius 1 is 1.35 bits per heavy atom. The highest BCUT2D eigenvalue weighted by Gasteiger charge is 2.20. The fourth-order valence-corrected chi connectivity index (χ4v) is 3.89. The summed E-state index contributed by atoms with van der Waals surface area (Å²) in [4.78, 5) is 19.1. The number of anilines is 2. The molecule has 1 saturated heterocycles. The Morgan fingerprint density at radius 2 is 2.15 bits per heavy atom. The molecule has 1 N–H and O–H groups in total. The number of carbonyl (C=O) groups is 1. The van der Waals surface area contributed by atoms with E-state index in [1.54, 1.807) is 11.3 Å². The lowest BCUT2D eigenvalue weighted by molar-refractivity contribution is -0.115. The topological polar surface area (TPSA) is 72.3 Å². The predicted octanol–water partition coefficient (Wildman–Crippen LogP) is 2.36. The van der Waals surface area contributed by atoms with Gasteiger partial charge in [0.15, 0.2) is 5.82 Å². The fraction of sp³-hybridized carbons (Fsp3) is 0.389. The molecule has 3 heterocycles. The first-order valence-electron chi connectivity index (χ1n) is 8.61. The summed E-state index contributed by atoms with van der Waals surface area (Å²) < 4.78 is 7.27. The summed E-state index contributed by atoms with van der Waals surface area (Å²) in [5, 5.41) is 11.4. The number of hydrogen-bond acceptors (Lipinski definition) is 6. The van der Waals surface area contributed by atoms with Gasteiger partial charge in [0, 0.05) is 25.5 Å². The molecule has 0 unspecified atom stereocenters. The van der Waals surface area contributed by atoms with Crippen molar-refractivity contribution >= 4 is 39.7 Å². The summed E-state index contributed by atoms with van der Waals surface area (Å²) in [6.07, 6.45) is 0.252. The lowest BCUT2D eigenvalue weighted by Gasteiger charge is -2.29. The summed E-state index contributed by atoms with van der Waals surface area (Å²) in [6, 6.07) is 6.12. The molecular weight excluding hydrogens is 350 g/mol. The summed E-state index contributed by atoms with van der Waals surface area (Å²) in [7, 11) is 1.89. The van der Waals surface area contributed by atoms with Crippen LogP contribution in [0.15, 0.2) is 23.6 Å². The van der Waals surface area contributed by atoms with Gasteiger partial charge < -0.3 is 15.0 Å². The molecule has 1 aliphatic rings. The van der Waals surface area contributed by atoms with E-state index < -0.39 is 0 Å². The van der Waals surface area contributed by atoms with Crippen LogP contribution in [0.3, 0.4) is 0 Å². The van der Waals surface area contributed by atoms with E-state index in [4.69, 9.17) is 4.74 Å². The minimum absolute atomic E-state index is 0.105. The largest absolute Gasteiger partial charge is 0.378 e. The van der Waals surface area contributed by atoms with Crippen molar-refractivity contribution in [3.05, 3.63) is 34.3 Å². The van der Waals surface area contributed by atoms with Gasteiger partial charge in [0.1, 0.15) is 0 Å². The number of hydrogen-bond donors (Lipinski definition) is 1. The van der Waals surface area contributed by atoms with Crippen molar-refractivity contribution in [2.75, 3.05) is 36.5 Å². The van der Waals surface area contributed by atoms with E-state index in [2.05, 4.69) is 26.4 Å². The van der Waals surface area contributed by atoms with Crippen molar-refractivity contribution in [3.8, 4) is 0 Å². The van der Waals surface area contributed by atoms with E-state index >= 15 is 0 Å². The zero-order valence-electron chi connectivity index (χ0n) is 14.9. The third kappa shape index (κ3) is 3.30. The standard InChI is InChI=1S/C18H21N5O2S/c1-12-19-13(11-26-12)10-16(24)20-18-17-14(22(2)21-18)4-3-5-15(17)23-6-8-25-9-7-23/h3-5,11H,6-10H2,1-2H3,(H,20,21,24). The molecule has 2 aromatic heterocycles. The number of amides is 1. The van der Waals surface area contributed by atoms with Crippen LogP contribution in [-0.2, 0) is 23.0 Å². The van der Waals surface area contributed by atoms with Gasteiger partial charge in [-0.05, 0) is 19.1 Å². The van der Waals surface area contributed by atoms with Gasteiger partial charge in [0.2, 0.25) is 5.91 Å². The monoisotopic (exact) mass is 371 g/mol. The molecule has 1 aromatic carbocycles. The average Bonchev–Trinajstić information content (AvgIpc) is 3.19. The Kier molecular flexibility index (Phi) is 4.60. The lowest BCUT2D eigenvalue weighted by atomic mass is 10.1. The number of aromatic nitrogens is 3. The predicted molar refractivity (Wildman–Crippen MR) is 103 cm³/mol. The number of nitrogens with zero attached hydrogens (tertiary/aromatic N) is 4. The minimum Gasteiger partial charge on any atom is -0.378 e. The van der Waals surface area contributed by atoms with Crippen LogP contribution in [0.25, 0.3) is 10.9 Å². The molecule has 0 radical (unpaired) electrons. The number of benzene rings is 1. The molecule has 1 amide bonds. The fourth-order valence-electron chi connectivity index (χ4n) is 3.28. The van der Waals surface area contributed by atoms with Gasteiger partial charge in [-0.15, -0.1) is 11.3 Å². The Hall–Kier alpha value is -2.45. The summed E-state index contributed by atoms with van der Waals surface area (Å²) in [5.41, 5.74) is 2.87. The highest BCUT2D eigenvalue weighted by Crippen LogP contribution is 2.33. The molecule has 4 rings (SSSR count). The van der Waals surface area contributed by atoms with Gasteiger partial charge in [-0.1, -0.05) is 6.07 Å². The van der Waals surface area contributed by atoms with Crippen LogP contribution in [0.5, 0.6) is 0 Å². The number of carbonyl (C=O) groups excluding carboxylic acids is 1. The van der Waals surface area contributed by atoms with Crippen molar-refractivity contribution < 1.29 is 9.53 Å². The number of aryl methyl sites for hydroxylation is 2. The Labute approximate surface area is 155 Å². The number of fused-ring (bicyclic) bond motifs is 1. The molecule has 8 heteroatoms. The summed E-state index contributed by atoms with van der Waals surface area (Å²) in [5.74, 6) is 0.494.